The van der Waals surface area contributed by atoms with E-state index in [-0.39, 0.29) is 5.91 Å². The fraction of sp³-hybridized carbons (Fsp3) is 0.100. The minimum atomic E-state index is 0.0528. The summed E-state index contributed by atoms with van der Waals surface area (Å²) < 4.78 is 2.84. The smallest absolute Gasteiger partial charge is 0.227 e. The number of aromatic nitrogens is 1. The highest BCUT2D eigenvalue weighted by molar-refractivity contribution is 14.1. The van der Waals surface area contributed by atoms with Crippen molar-refractivity contribution in [2.75, 3.05) is 0 Å². The predicted molar refractivity (Wildman–Crippen MR) is 61.0 cm³/mol. The van der Waals surface area contributed by atoms with Crippen LogP contribution in [-0.2, 0) is 0 Å². The normalized spacial score (nSPS) is 10.6. The van der Waals surface area contributed by atoms with Crippen LogP contribution < -0.4 is 0 Å². The van der Waals surface area contributed by atoms with Crippen molar-refractivity contribution in [3.05, 3.63) is 34.0 Å². The lowest BCUT2D eigenvalue weighted by molar-refractivity contribution is 0.0941. The fourth-order valence-corrected chi connectivity index (χ4v) is 2.07. The van der Waals surface area contributed by atoms with Crippen LogP contribution in [0.5, 0.6) is 0 Å². The van der Waals surface area contributed by atoms with Crippen molar-refractivity contribution in [1.29, 1.82) is 0 Å². The molecule has 0 atom stereocenters. The van der Waals surface area contributed by atoms with Gasteiger partial charge in [-0.2, -0.15) is 0 Å². The molecule has 0 saturated heterocycles. The molecule has 13 heavy (non-hydrogen) atoms. The molecule has 0 unspecified atom stereocenters. The van der Waals surface area contributed by atoms with Crippen LogP contribution in [0.15, 0.2) is 30.5 Å². The molecule has 2 nitrogen and oxygen atoms in total. The van der Waals surface area contributed by atoms with E-state index in [2.05, 4.69) is 22.6 Å². The van der Waals surface area contributed by atoms with Crippen LogP contribution in [0, 0.1) is 3.57 Å². The van der Waals surface area contributed by atoms with E-state index in [0.717, 1.165) is 10.9 Å². The van der Waals surface area contributed by atoms with Crippen molar-refractivity contribution in [3.8, 4) is 0 Å². The summed E-state index contributed by atoms with van der Waals surface area (Å²) in [5, 5.41) is 1.14. The van der Waals surface area contributed by atoms with Gasteiger partial charge in [0.05, 0.1) is 5.52 Å². The maximum Gasteiger partial charge on any atom is 0.227 e. The van der Waals surface area contributed by atoms with Gasteiger partial charge in [-0.3, -0.25) is 9.36 Å². The van der Waals surface area contributed by atoms with Crippen LogP contribution in [0.3, 0.4) is 0 Å². The van der Waals surface area contributed by atoms with E-state index in [1.165, 1.54) is 3.57 Å². The molecule has 0 aliphatic carbocycles. The number of rotatable bonds is 0. The molecule has 1 aromatic heterocycles. The molecule has 2 aromatic rings. The number of carbonyl (C=O) groups excluding carboxylic acids is 1. The standard InChI is InChI=1S/C10H8INO/c1-7(13)12-6-5-8-9(11)3-2-4-10(8)12/h2-6H,1H3. The second kappa shape index (κ2) is 3.14. The molecule has 0 radical (unpaired) electrons. The summed E-state index contributed by atoms with van der Waals surface area (Å²) in [6.07, 6.45) is 1.81. The molecule has 0 amide bonds. The third kappa shape index (κ3) is 1.37. The third-order valence-corrected chi connectivity index (χ3v) is 2.96. The maximum absolute atomic E-state index is 11.2. The average molecular weight is 285 g/mol. The van der Waals surface area contributed by atoms with E-state index >= 15 is 0 Å². The Morgan fingerprint density at radius 2 is 2.15 bits per heavy atom. The topological polar surface area (TPSA) is 22.0 Å². The molecule has 1 heterocycles. The summed E-state index contributed by atoms with van der Waals surface area (Å²) >= 11 is 2.27. The number of benzene rings is 1. The van der Waals surface area contributed by atoms with Crippen LogP contribution in [0.1, 0.15) is 11.7 Å². The summed E-state index contributed by atoms with van der Waals surface area (Å²) in [5.41, 5.74) is 0.986. The van der Waals surface area contributed by atoms with Gasteiger partial charge in [-0.15, -0.1) is 0 Å². The van der Waals surface area contributed by atoms with Gasteiger partial charge in [0.1, 0.15) is 0 Å². The highest BCUT2D eigenvalue weighted by Gasteiger charge is 2.05. The van der Waals surface area contributed by atoms with Crippen LogP contribution in [-0.4, -0.2) is 10.5 Å². The Kier molecular flexibility index (Phi) is 2.11. The Labute approximate surface area is 89.7 Å². The van der Waals surface area contributed by atoms with Gasteiger partial charge in [0.25, 0.3) is 0 Å². The van der Waals surface area contributed by atoms with Crippen molar-refractivity contribution < 1.29 is 4.79 Å². The van der Waals surface area contributed by atoms with Crippen molar-refractivity contribution in [2.45, 2.75) is 6.92 Å². The van der Waals surface area contributed by atoms with E-state index in [1.54, 1.807) is 11.5 Å². The Morgan fingerprint density at radius 1 is 1.38 bits per heavy atom. The first-order chi connectivity index (χ1) is 6.20. The molecule has 2 rings (SSSR count). The second-order valence-corrected chi connectivity index (χ2v) is 4.04. The number of nitrogens with zero attached hydrogens (tertiary/aromatic N) is 1. The molecule has 0 saturated carbocycles. The number of hydrogen-bond donors (Lipinski definition) is 0. The Morgan fingerprint density at radius 3 is 2.85 bits per heavy atom. The SMILES string of the molecule is CC(=O)n1ccc2c(I)cccc21. The summed E-state index contributed by atoms with van der Waals surface area (Å²) in [5.74, 6) is 0.0528. The first-order valence-corrected chi connectivity index (χ1v) is 5.04. The molecule has 0 fully saturated rings. The lowest BCUT2D eigenvalue weighted by Crippen LogP contribution is -2.02. The zero-order valence-corrected chi connectivity index (χ0v) is 9.28. The van der Waals surface area contributed by atoms with Crippen LogP contribution >= 0.6 is 22.6 Å². The van der Waals surface area contributed by atoms with Gasteiger partial charge >= 0.3 is 0 Å². The monoisotopic (exact) mass is 285 g/mol. The first-order valence-electron chi connectivity index (χ1n) is 3.96. The zero-order valence-electron chi connectivity index (χ0n) is 7.12. The molecule has 3 heteroatoms. The lowest BCUT2D eigenvalue weighted by atomic mass is 10.2. The zero-order chi connectivity index (χ0) is 9.42. The van der Waals surface area contributed by atoms with Crippen molar-refractivity contribution in [2.24, 2.45) is 0 Å². The van der Waals surface area contributed by atoms with Gasteiger partial charge < -0.3 is 0 Å². The molecule has 1 aromatic carbocycles. The third-order valence-electron chi connectivity index (χ3n) is 2.02. The summed E-state index contributed by atoms with van der Waals surface area (Å²) in [7, 11) is 0. The lowest BCUT2D eigenvalue weighted by Gasteiger charge is -1.99. The Hall–Kier alpha value is -0.840. The highest BCUT2D eigenvalue weighted by atomic mass is 127. The van der Waals surface area contributed by atoms with Gasteiger partial charge in [0.2, 0.25) is 5.91 Å². The second-order valence-electron chi connectivity index (χ2n) is 2.88. The number of fused-ring (bicyclic) bond motifs is 1. The quantitative estimate of drug-likeness (QED) is 0.682. The molecule has 0 aliphatic rings. The highest BCUT2D eigenvalue weighted by Crippen LogP contribution is 2.21. The maximum atomic E-state index is 11.2. The van der Waals surface area contributed by atoms with Crippen LogP contribution in [0.4, 0.5) is 0 Å². The van der Waals surface area contributed by atoms with Gasteiger partial charge in [-0.25, -0.2) is 0 Å². The van der Waals surface area contributed by atoms with E-state index in [0.29, 0.717) is 0 Å². The van der Waals surface area contributed by atoms with Crippen molar-refractivity contribution in [1.82, 2.24) is 4.57 Å². The van der Waals surface area contributed by atoms with Crippen LogP contribution in [0.2, 0.25) is 0 Å². The van der Waals surface area contributed by atoms with E-state index in [4.69, 9.17) is 0 Å². The predicted octanol–water partition coefficient (Wildman–Crippen LogP) is 2.91. The van der Waals surface area contributed by atoms with Crippen molar-refractivity contribution >= 4 is 39.4 Å². The summed E-state index contributed by atoms with van der Waals surface area (Å²) in [6.45, 7) is 1.57. The largest absolute Gasteiger partial charge is 0.287 e. The minimum Gasteiger partial charge on any atom is -0.287 e. The number of halogens is 1. The minimum absolute atomic E-state index is 0.0528. The summed E-state index contributed by atoms with van der Waals surface area (Å²) in [6, 6.07) is 7.92. The van der Waals surface area contributed by atoms with Gasteiger partial charge in [0, 0.05) is 22.1 Å². The fourth-order valence-electron chi connectivity index (χ4n) is 1.40. The molecule has 0 N–H and O–H groups in total. The van der Waals surface area contributed by atoms with E-state index < -0.39 is 0 Å². The van der Waals surface area contributed by atoms with Crippen molar-refractivity contribution in [3.63, 3.8) is 0 Å². The Balaban J connectivity index is 2.83. The number of hydrogen-bond acceptors (Lipinski definition) is 1. The van der Waals surface area contributed by atoms with Gasteiger partial charge in [-0.1, -0.05) is 6.07 Å². The molecule has 66 valence electrons. The average Bonchev–Trinajstić information content (AvgIpc) is 2.48. The molecular weight excluding hydrogens is 277 g/mol. The molecule has 0 aliphatic heterocycles. The van der Waals surface area contributed by atoms with E-state index in [1.807, 2.05) is 30.5 Å². The molecule has 0 spiro atoms. The van der Waals surface area contributed by atoms with E-state index in [9.17, 15) is 4.79 Å². The van der Waals surface area contributed by atoms with Gasteiger partial charge in [-0.05, 0) is 40.8 Å². The molecular formula is C10H8INO. The summed E-state index contributed by atoms with van der Waals surface area (Å²) in [4.78, 5) is 11.2. The number of carbonyl (C=O) groups is 1. The van der Waals surface area contributed by atoms with Crippen LogP contribution in [0.25, 0.3) is 10.9 Å². The first kappa shape index (κ1) is 8.74. The Bertz CT molecular complexity index is 473. The van der Waals surface area contributed by atoms with Gasteiger partial charge in [0.15, 0.2) is 0 Å². The molecule has 0 bridgehead atoms.